The summed E-state index contributed by atoms with van der Waals surface area (Å²) in [6.45, 7) is 0.624. The van der Waals surface area contributed by atoms with E-state index in [0.717, 1.165) is 23.2 Å². The number of nitro groups is 1. The number of nitrogens with one attached hydrogen (secondary N) is 1. The lowest BCUT2D eigenvalue weighted by Crippen LogP contribution is -2.38. The molecule has 0 radical (unpaired) electrons. The first-order chi connectivity index (χ1) is 16.9. The second kappa shape index (κ2) is 9.02. The number of aromatic nitrogens is 1. The van der Waals surface area contributed by atoms with E-state index in [0.29, 0.717) is 29.6 Å². The maximum atomic E-state index is 13.3. The summed E-state index contributed by atoms with van der Waals surface area (Å²) in [4.78, 5) is 38.3. The molecule has 0 atom stereocenters. The van der Waals surface area contributed by atoms with Crippen molar-refractivity contribution in [2.75, 3.05) is 16.8 Å². The number of hydrogen-bond donors (Lipinski definition) is 1. The molecule has 0 saturated carbocycles. The Labute approximate surface area is 199 Å². The van der Waals surface area contributed by atoms with Crippen molar-refractivity contribution in [3.63, 3.8) is 0 Å². The number of carbonyl (C=O) groups excluding carboxylic acids is 2. The second-order valence-electron chi connectivity index (χ2n) is 8.36. The number of hydrogen-bond acceptors (Lipinski definition) is 4. The molecule has 3 aromatic carbocycles. The summed E-state index contributed by atoms with van der Waals surface area (Å²) in [6, 6.07) is 17.1. The number of anilines is 2. The number of rotatable bonds is 5. The third-order valence-electron chi connectivity index (χ3n) is 6.18. The van der Waals surface area contributed by atoms with Crippen LogP contribution in [0.25, 0.3) is 10.9 Å². The van der Waals surface area contributed by atoms with Crippen LogP contribution in [0.2, 0.25) is 0 Å². The van der Waals surface area contributed by atoms with Gasteiger partial charge in [0.05, 0.1) is 4.92 Å². The Morgan fingerprint density at radius 1 is 1.06 bits per heavy atom. The van der Waals surface area contributed by atoms with E-state index in [2.05, 4.69) is 5.32 Å². The van der Waals surface area contributed by atoms with E-state index in [4.69, 9.17) is 0 Å². The molecule has 0 fully saturated rings. The van der Waals surface area contributed by atoms with Gasteiger partial charge in [-0.15, -0.1) is 0 Å². The zero-order valence-corrected chi connectivity index (χ0v) is 18.6. The molecule has 8 nitrogen and oxygen atoms in total. The van der Waals surface area contributed by atoms with E-state index in [9.17, 15) is 24.1 Å². The van der Waals surface area contributed by atoms with Crippen LogP contribution in [-0.4, -0.2) is 27.8 Å². The molecule has 1 aromatic heterocycles. The lowest BCUT2D eigenvalue weighted by Gasteiger charge is -2.31. The molecule has 35 heavy (non-hydrogen) atoms. The predicted molar refractivity (Wildman–Crippen MR) is 130 cm³/mol. The van der Waals surface area contributed by atoms with Crippen LogP contribution in [0.5, 0.6) is 0 Å². The Morgan fingerprint density at radius 2 is 1.86 bits per heavy atom. The predicted octanol–water partition coefficient (Wildman–Crippen LogP) is 4.92. The van der Waals surface area contributed by atoms with Crippen molar-refractivity contribution < 1.29 is 18.9 Å². The highest BCUT2D eigenvalue weighted by atomic mass is 19.1. The number of amides is 2. The molecule has 0 saturated heterocycles. The minimum absolute atomic E-state index is 0.00162. The molecule has 0 bridgehead atoms. The Kier molecular flexibility index (Phi) is 5.74. The lowest BCUT2D eigenvalue weighted by molar-refractivity contribution is -0.384. The zero-order chi connectivity index (χ0) is 24.5. The topological polar surface area (TPSA) is 97.5 Å². The van der Waals surface area contributed by atoms with E-state index >= 15 is 0 Å². The fourth-order valence-corrected chi connectivity index (χ4v) is 4.47. The standard InChI is InChI=1S/C26H21FN4O4/c27-19-8-6-17(7-9-19)26(33)28-22-4-1-5-24-21(22)3-2-13-30(24)25(32)16-29-14-12-18-15-20(31(34)35)10-11-23(18)29/h1,4-12,14-15H,2-3,13,16H2,(H,28,33). The van der Waals surface area contributed by atoms with Crippen LogP contribution in [0, 0.1) is 15.9 Å². The minimum atomic E-state index is -0.445. The smallest absolute Gasteiger partial charge is 0.270 e. The van der Waals surface area contributed by atoms with Crippen LogP contribution in [0.1, 0.15) is 22.3 Å². The van der Waals surface area contributed by atoms with Gasteiger partial charge in [-0.05, 0) is 66.9 Å². The Hall–Kier alpha value is -4.53. The van der Waals surface area contributed by atoms with Gasteiger partial charge in [0.15, 0.2) is 0 Å². The van der Waals surface area contributed by atoms with Gasteiger partial charge in [-0.1, -0.05) is 6.07 Å². The van der Waals surface area contributed by atoms with Crippen molar-refractivity contribution >= 4 is 39.8 Å². The first kappa shape index (κ1) is 22.3. The zero-order valence-electron chi connectivity index (χ0n) is 18.6. The normalized spacial score (nSPS) is 12.9. The molecule has 1 aliphatic rings. The summed E-state index contributed by atoms with van der Waals surface area (Å²) in [5.41, 5.74) is 3.31. The highest BCUT2D eigenvalue weighted by Gasteiger charge is 2.25. The SMILES string of the molecule is O=C(Nc1cccc2c1CCCN2C(=O)Cn1ccc2cc([N+](=O)[O-])ccc21)c1ccc(F)cc1. The summed E-state index contributed by atoms with van der Waals surface area (Å²) < 4.78 is 15.0. The molecule has 5 rings (SSSR count). The summed E-state index contributed by atoms with van der Waals surface area (Å²) in [7, 11) is 0. The van der Waals surface area contributed by atoms with E-state index in [1.165, 1.54) is 36.4 Å². The number of halogens is 1. The van der Waals surface area contributed by atoms with Crippen LogP contribution >= 0.6 is 0 Å². The van der Waals surface area contributed by atoms with Gasteiger partial charge >= 0.3 is 0 Å². The summed E-state index contributed by atoms with van der Waals surface area (Å²) in [5.74, 6) is -0.889. The molecule has 1 aliphatic heterocycles. The molecule has 2 heterocycles. The molecular weight excluding hydrogens is 451 g/mol. The quantitative estimate of drug-likeness (QED) is 0.329. The highest BCUT2D eigenvalue weighted by Crippen LogP contribution is 2.33. The van der Waals surface area contributed by atoms with Crippen LogP contribution in [0.15, 0.2) is 72.9 Å². The van der Waals surface area contributed by atoms with Crippen molar-refractivity contribution in [2.45, 2.75) is 19.4 Å². The van der Waals surface area contributed by atoms with Crippen molar-refractivity contribution in [3.05, 3.63) is 100.0 Å². The summed E-state index contributed by atoms with van der Waals surface area (Å²) in [6.07, 6.45) is 3.19. The molecular formula is C26H21FN4O4. The first-order valence-corrected chi connectivity index (χ1v) is 11.1. The molecule has 0 unspecified atom stereocenters. The third-order valence-corrected chi connectivity index (χ3v) is 6.18. The monoisotopic (exact) mass is 472 g/mol. The van der Waals surface area contributed by atoms with E-state index in [1.54, 1.807) is 39.9 Å². The number of carbonyl (C=O) groups is 2. The second-order valence-corrected chi connectivity index (χ2v) is 8.36. The molecule has 176 valence electrons. The number of non-ortho nitro benzene ring substituents is 1. The minimum Gasteiger partial charge on any atom is -0.338 e. The van der Waals surface area contributed by atoms with E-state index < -0.39 is 10.7 Å². The summed E-state index contributed by atoms with van der Waals surface area (Å²) in [5, 5.41) is 14.6. The van der Waals surface area contributed by atoms with Crippen LogP contribution in [-0.2, 0) is 17.8 Å². The maximum absolute atomic E-state index is 13.3. The van der Waals surface area contributed by atoms with Crippen molar-refractivity contribution in [1.82, 2.24) is 4.57 Å². The Bertz CT molecular complexity index is 1460. The van der Waals surface area contributed by atoms with Gasteiger partial charge in [-0.3, -0.25) is 19.7 Å². The van der Waals surface area contributed by atoms with Gasteiger partial charge in [0.25, 0.3) is 11.6 Å². The van der Waals surface area contributed by atoms with Crippen molar-refractivity contribution in [2.24, 2.45) is 0 Å². The Balaban J connectivity index is 1.38. The highest BCUT2D eigenvalue weighted by molar-refractivity contribution is 6.05. The van der Waals surface area contributed by atoms with Crippen molar-refractivity contribution in [1.29, 1.82) is 0 Å². The first-order valence-electron chi connectivity index (χ1n) is 11.1. The van der Waals surface area contributed by atoms with Crippen LogP contribution < -0.4 is 10.2 Å². The number of nitro benzene ring substituents is 1. The van der Waals surface area contributed by atoms with Gasteiger partial charge in [0, 0.05) is 52.7 Å². The summed E-state index contributed by atoms with van der Waals surface area (Å²) >= 11 is 0. The molecule has 0 aliphatic carbocycles. The maximum Gasteiger partial charge on any atom is 0.270 e. The van der Waals surface area contributed by atoms with Crippen LogP contribution in [0.3, 0.4) is 0 Å². The fraction of sp³-hybridized carbons (Fsp3) is 0.154. The molecule has 1 N–H and O–H groups in total. The number of nitrogens with zero attached hydrogens (tertiary/aromatic N) is 3. The third kappa shape index (κ3) is 4.35. The average molecular weight is 472 g/mol. The Morgan fingerprint density at radius 3 is 2.63 bits per heavy atom. The van der Waals surface area contributed by atoms with Crippen LogP contribution in [0.4, 0.5) is 21.5 Å². The molecule has 9 heteroatoms. The number of benzene rings is 3. The van der Waals surface area contributed by atoms with Gasteiger partial charge in [-0.2, -0.15) is 0 Å². The molecule has 4 aromatic rings. The van der Waals surface area contributed by atoms with Gasteiger partial charge in [-0.25, -0.2) is 4.39 Å². The average Bonchev–Trinajstić information content (AvgIpc) is 3.26. The van der Waals surface area contributed by atoms with E-state index in [1.807, 2.05) is 6.07 Å². The van der Waals surface area contributed by atoms with E-state index in [-0.39, 0.29) is 24.0 Å². The van der Waals surface area contributed by atoms with Gasteiger partial charge < -0.3 is 14.8 Å². The van der Waals surface area contributed by atoms with Gasteiger partial charge in [0.1, 0.15) is 12.4 Å². The molecule has 0 spiro atoms. The largest absolute Gasteiger partial charge is 0.338 e. The van der Waals surface area contributed by atoms with Gasteiger partial charge in [0.2, 0.25) is 5.91 Å². The molecule has 2 amide bonds. The van der Waals surface area contributed by atoms with Crippen molar-refractivity contribution in [3.8, 4) is 0 Å². The number of fused-ring (bicyclic) bond motifs is 2. The fourth-order valence-electron chi connectivity index (χ4n) is 4.47. The lowest BCUT2D eigenvalue weighted by atomic mass is 9.99.